The first kappa shape index (κ1) is 25.6. The number of hydrogen-bond donors (Lipinski definition) is 3. The highest BCUT2D eigenvalue weighted by atomic mass is 16.3. The van der Waals surface area contributed by atoms with Gasteiger partial charge in [-0.15, -0.1) is 0 Å². The molecule has 0 spiro atoms. The van der Waals surface area contributed by atoms with E-state index >= 15 is 0 Å². The van der Waals surface area contributed by atoms with Gasteiger partial charge < -0.3 is 10.4 Å². The number of hydrogen-bond acceptors (Lipinski definition) is 8. The van der Waals surface area contributed by atoms with Crippen LogP contribution < -0.4 is 10.7 Å². The Labute approximate surface area is 235 Å². The molecule has 2 unspecified atom stereocenters. The average molecular weight is 540 g/mol. The predicted molar refractivity (Wildman–Crippen MR) is 160 cm³/mol. The van der Waals surface area contributed by atoms with Crippen molar-refractivity contribution in [2.75, 3.05) is 17.3 Å². The second kappa shape index (κ2) is 11.2. The smallest absolute Gasteiger partial charge is 0.259 e. The number of hydrazone groups is 1. The van der Waals surface area contributed by atoms with Crippen LogP contribution in [0.5, 0.6) is 5.75 Å². The Morgan fingerprint density at radius 2 is 1.71 bits per heavy atom. The maximum Gasteiger partial charge on any atom is 0.259 e. The summed E-state index contributed by atoms with van der Waals surface area (Å²) in [5.74, 6) is -1.26. The van der Waals surface area contributed by atoms with Gasteiger partial charge >= 0.3 is 0 Å². The summed E-state index contributed by atoms with van der Waals surface area (Å²) < 4.78 is 0. The third-order valence-corrected chi connectivity index (χ3v) is 7.08. The van der Waals surface area contributed by atoms with Crippen LogP contribution in [0.15, 0.2) is 101 Å². The number of phenolic OH excluding ortho intramolecular Hbond substituents is 1. The van der Waals surface area contributed by atoms with Crippen LogP contribution in [0.3, 0.4) is 0 Å². The molecule has 41 heavy (non-hydrogen) atoms. The summed E-state index contributed by atoms with van der Waals surface area (Å²) in [5.41, 5.74) is 4.42. The molecule has 6 rings (SSSR count). The fourth-order valence-electron chi connectivity index (χ4n) is 5.03. The molecule has 0 fully saturated rings. The van der Waals surface area contributed by atoms with Gasteiger partial charge in [-0.3, -0.25) is 15.2 Å². The summed E-state index contributed by atoms with van der Waals surface area (Å²) in [6, 6.07) is 26.5. The Morgan fingerprint density at radius 3 is 2.51 bits per heavy atom. The van der Waals surface area contributed by atoms with Crippen molar-refractivity contribution in [1.29, 1.82) is 5.26 Å². The first-order valence-corrected chi connectivity index (χ1v) is 13.2. The highest BCUT2D eigenvalue weighted by molar-refractivity contribution is 6.13. The highest BCUT2D eigenvalue weighted by Gasteiger charge is 2.29. The van der Waals surface area contributed by atoms with Crippen LogP contribution in [0.2, 0.25) is 0 Å². The van der Waals surface area contributed by atoms with Crippen LogP contribution in [0.1, 0.15) is 28.5 Å². The van der Waals surface area contributed by atoms with Crippen LogP contribution in [0.25, 0.3) is 21.5 Å². The lowest BCUT2D eigenvalue weighted by atomic mass is 9.91. The number of anilines is 2. The molecule has 5 aromatic rings. The molecular formula is C32H25N7O2. The van der Waals surface area contributed by atoms with Crippen molar-refractivity contribution in [1.82, 2.24) is 9.97 Å². The number of fused-ring (bicyclic) bond motifs is 2. The van der Waals surface area contributed by atoms with Crippen LogP contribution in [-0.4, -0.2) is 39.5 Å². The van der Waals surface area contributed by atoms with Gasteiger partial charge in [0.25, 0.3) is 5.91 Å². The summed E-state index contributed by atoms with van der Waals surface area (Å²) in [5, 5.41) is 32.3. The van der Waals surface area contributed by atoms with E-state index in [2.05, 4.69) is 36.9 Å². The van der Waals surface area contributed by atoms with Crippen molar-refractivity contribution in [3.8, 4) is 11.8 Å². The van der Waals surface area contributed by atoms with E-state index in [0.29, 0.717) is 35.6 Å². The van der Waals surface area contributed by atoms with E-state index in [9.17, 15) is 15.2 Å². The number of amides is 1. The fourth-order valence-corrected chi connectivity index (χ4v) is 5.03. The zero-order chi connectivity index (χ0) is 28.2. The molecule has 2 atom stereocenters. The average Bonchev–Trinajstić information content (AvgIpc) is 3.22. The topological polar surface area (TPSA) is 136 Å². The molecule has 1 aliphatic heterocycles. The molecule has 2 heterocycles. The summed E-state index contributed by atoms with van der Waals surface area (Å²) in [6.45, 7) is 0.499. The zero-order valence-corrected chi connectivity index (χ0v) is 21.9. The number of nitriles is 1. The number of rotatable bonds is 5. The predicted octanol–water partition coefficient (Wildman–Crippen LogP) is 5.91. The number of aromatic hydroxyl groups is 1. The Kier molecular flexibility index (Phi) is 7.03. The van der Waals surface area contributed by atoms with Crippen molar-refractivity contribution in [2.24, 2.45) is 16.0 Å². The zero-order valence-electron chi connectivity index (χ0n) is 21.9. The van der Waals surface area contributed by atoms with Crippen molar-refractivity contribution >= 4 is 50.8 Å². The molecule has 3 N–H and O–H groups in total. The van der Waals surface area contributed by atoms with Crippen LogP contribution in [-0.2, 0) is 0 Å². The first-order chi connectivity index (χ1) is 20.1. The van der Waals surface area contributed by atoms with E-state index in [0.717, 1.165) is 16.2 Å². The second-order valence-corrected chi connectivity index (χ2v) is 9.64. The van der Waals surface area contributed by atoms with Crippen molar-refractivity contribution < 1.29 is 9.90 Å². The Balaban J connectivity index is 1.39. The normalized spacial score (nSPS) is 17.7. The molecule has 0 bridgehead atoms. The monoisotopic (exact) mass is 539 g/mol. The molecule has 200 valence electrons. The van der Waals surface area contributed by atoms with Gasteiger partial charge in [0.05, 0.1) is 23.3 Å². The number of carbonyl (C=O) groups is 1. The quantitative estimate of drug-likeness (QED) is 0.188. The number of phenols is 1. The van der Waals surface area contributed by atoms with E-state index in [-0.39, 0.29) is 22.9 Å². The van der Waals surface area contributed by atoms with Crippen molar-refractivity contribution in [3.05, 3.63) is 103 Å². The van der Waals surface area contributed by atoms with Gasteiger partial charge in [0, 0.05) is 36.2 Å². The number of aromatic nitrogens is 2. The highest BCUT2D eigenvalue weighted by Crippen LogP contribution is 2.37. The number of nitrogens with one attached hydrogen (secondary N) is 2. The van der Waals surface area contributed by atoms with Gasteiger partial charge in [-0.1, -0.05) is 54.6 Å². The van der Waals surface area contributed by atoms with Gasteiger partial charge in [-0.05, 0) is 46.8 Å². The molecule has 0 aliphatic carbocycles. The molecule has 1 amide bonds. The minimum atomic E-state index is -0.716. The third kappa shape index (κ3) is 5.18. The van der Waals surface area contributed by atoms with E-state index in [4.69, 9.17) is 0 Å². The molecular weight excluding hydrogens is 514 g/mol. The molecule has 1 aromatic heterocycles. The summed E-state index contributed by atoms with van der Waals surface area (Å²) >= 11 is 0. The summed E-state index contributed by atoms with van der Waals surface area (Å²) in [6.07, 6.45) is 5.45. The van der Waals surface area contributed by atoms with E-state index in [1.54, 1.807) is 30.7 Å². The van der Waals surface area contributed by atoms with Gasteiger partial charge in [-0.2, -0.15) is 10.4 Å². The lowest BCUT2D eigenvalue weighted by Crippen LogP contribution is -2.24. The molecule has 0 saturated heterocycles. The first-order valence-electron chi connectivity index (χ1n) is 13.2. The van der Waals surface area contributed by atoms with Gasteiger partial charge in [0.15, 0.2) is 5.75 Å². The number of aliphatic imine (C=N–C) groups is 1. The summed E-state index contributed by atoms with van der Waals surface area (Å²) in [4.78, 5) is 26.6. The number of benzene rings is 4. The minimum absolute atomic E-state index is 0.0850. The van der Waals surface area contributed by atoms with Gasteiger partial charge in [0.2, 0.25) is 0 Å². The number of carbonyl (C=O) groups excluding carboxylic acids is 1. The van der Waals surface area contributed by atoms with Gasteiger partial charge in [-0.25, -0.2) is 9.97 Å². The SMILES string of the molecule is N#CC1C=NCCC(c2ncccn2)/C1=N\Nc1c(O)c(C(=O)Nc2ccc3ccccc3c2)cc2ccccc12. The third-order valence-electron chi connectivity index (χ3n) is 7.08. The van der Waals surface area contributed by atoms with Crippen LogP contribution in [0.4, 0.5) is 11.4 Å². The molecule has 0 radical (unpaired) electrons. The lowest BCUT2D eigenvalue weighted by Gasteiger charge is -2.18. The standard InChI is InChI=1S/C32H25N7O2/c33-18-23-19-34-15-12-26(31-35-13-5-14-36-31)28(23)38-39-29-25-9-4-3-8-22(25)17-27(30(29)40)32(41)37-24-11-10-20-6-1-2-7-21(20)16-24/h1-11,13-14,16-17,19,23,26,39-40H,12,15H2,(H,37,41)/b38-28-. The Morgan fingerprint density at radius 1 is 0.951 bits per heavy atom. The maximum absolute atomic E-state index is 13.4. The lowest BCUT2D eigenvalue weighted by molar-refractivity contribution is 0.102. The van der Waals surface area contributed by atoms with Crippen molar-refractivity contribution in [2.45, 2.75) is 12.3 Å². The molecule has 4 aromatic carbocycles. The molecule has 9 heteroatoms. The minimum Gasteiger partial charge on any atom is -0.505 e. The second-order valence-electron chi connectivity index (χ2n) is 9.64. The van der Waals surface area contributed by atoms with Crippen molar-refractivity contribution in [3.63, 3.8) is 0 Å². The molecule has 1 aliphatic rings. The van der Waals surface area contributed by atoms with Crippen LogP contribution in [0, 0.1) is 17.2 Å². The fraction of sp³-hybridized carbons (Fsp3) is 0.125. The van der Waals surface area contributed by atoms with E-state index in [1.807, 2.05) is 66.7 Å². The van der Waals surface area contributed by atoms with Gasteiger partial charge in [0.1, 0.15) is 17.4 Å². The number of nitrogens with zero attached hydrogens (tertiary/aromatic N) is 5. The maximum atomic E-state index is 13.4. The van der Waals surface area contributed by atoms with Crippen LogP contribution >= 0.6 is 0 Å². The molecule has 9 nitrogen and oxygen atoms in total. The van der Waals surface area contributed by atoms with E-state index < -0.39 is 11.8 Å². The summed E-state index contributed by atoms with van der Waals surface area (Å²) in [7, 11) is 0. The Bertz CT molecular complexity index is 1860. The molecule has 0 saturated carbocycles. The Hall–Kier alpha value is -5.62. The van der Waals surface area contributed by atoms with E-state index in [1.165, 1.54) is 0 Å². The largest absolute Gasteiger partial charge is 0.505 e.